The summed E-state index contributed by atoms with van der Waals surface area (Å²) < 4.78 is 28.1. The fourth-order valence-electron chi connectivity index (χ4n) is 3.83. The summed E-state index contributed by atoms with van der Waals surface area (Å²) in [6.07, 6.45) is 2.21. The molecule has 1 saturated heterocycles. The second-order valence-electron chi connectivity index (χ2n) is 7.02. The standard InChI is InChI=1S/C21H23F2NO2/c1-13-6-7-14(2)17(11-13)20(16-9-8-15(22)12-18(16)23)24-10-4-3-5-19(24)21(25)26/h6-9,11-12,19-20H,3-5,10H2,1-2H3,(H,25,26). The molecule has 2 aromatic carbocycles. The topological polar surface area (TPSA) is 40.5 Å². The van der Waals surface area contributed by atoms with Gasteiger partial charge in [0.15, 0.2) is 0 Å². The summed E-state index contributed by atoms with van der Waals surface area (Å²) in [5.41, 5.74) is 3.15. The van der Waals surface area contributed by atoms with Crippen molar-refractivity contribution in [1.29, 1.82) is 0 Å². The molecule has 26 heavy (non-hydrogen) atoms. The number of benzene rings is 2. The molecule has 3 rings (SSSR count). The molecular formula is C21H23F2NO2. The van der Waals surface area contributed by atoms with Crippen LogP contribution in [0, 0.1) is 25.5 Å². The molecule has 2 aromatic rings. The molecule has 1 N–H and O–H groups in total. The largest absolute Gasteiger partial charge is 0.480 e. The average Bonchev–Trinajstić information content (AvgIpc) is 2.60. The third-order valence-corrected chi connectivity index (χ3v) is 5.15. The molecule has 0 bridgehead atoms. The van der Waals surface area contributed by atoms with E-state index in [-0.39, 0.29) is 0 Å². The van der Waals surface area contributed by atoms with Crippen molar-refractivity contribution in [2.24, 2.45) is 0 Å². The van der Waals surface area contributed by atoms with Crippen molar-refractivity contribution in [1.82, 2.24) is 4.90 Å². The molecule has 1 aliphatic heterocycles. The molecule has 0 aliphatic carbocycles. The molecule has 1 heterocycles. The molecule has 2 unspecified atom stereocenters. The van der Waals surface area contributed by atoms with Gasteiger partial charge in [0.25, 0.3) is 0 Å². The van der Waals surface area contributed by atoms with Gasteiger partial charge in [-0.1, -0.05) is 36.2 Å². The minimum Gasteiger partial charge on any atom is -0.480 e. The predicted octanol–water partition coefficient (Wildman–Crippen LogP) is 4.61. The van der Waals surface area contributed by atoms with Crippen molar-refractivity contribution in [2.45, 2.75) is 45.2 Å². The SMILES string of the molecule is Cc1ccc(C)c(C(c2ccc(F)cc2F)N2CCCCC2C(=O)O)c1. The van der Waals surface area contributed by atoms with Crippen LogP contribution in [0.1, 0.15) is 47.6 Å². The van der Waals surface area contributed by atoms with Gasteiger partial charge < -0.3 is 5.11 Å². The zero-order chi connectivity index (χ0) is 18.8. The first-order chi connectivity index (χ1) is 12.4. The van der Waals surface area contributed by atoms with Gasteiger partial charge in [0, 0.05) is 11.6 Å². The lowest BCUT2D eigenvalue weighted by Gasteiger charge is -2.40. The van der Waals surface area contributed by atoms with Crippen LogP contribution in [0.25, 0.3) is 0 Å². The first-order valence-electron chi connectivity index (χ1n) is 8.89. The number of aryl methyl sites for hydroxylation is 2. The van der Waals surface area contributed by atoms with Crippen LogP contribution in [0.5, 0.6) is 0 Å². The Labute approximate surface area is 152 Å². The number of carboxylic acids is 1. The fourth-order valence-corrected chi connectivity index (χ4v) is 3.83. The molecule has 0 saturated carbocycles. The number of halogens is 2. The monoisotopic (exact) mass is 359 g/mol. The van der Waals surface area contributed by atoms with Crippen molar-refractivity contribution < 1.29 is 18.7 Å². The van der Waals surface area contributed by atoms with Crippen LogP contribution >= 0.6 is 0 Å². The first-order valence-corrected chi connectivity index (χ1v) is 8.89. The smallest absolute Gasteiger partial charge is 0.320 e. The molecule has 0 spiro atoms. The lowest BCUT2D eigenvalue weighted by atomic mass is 9.88. The molecule has 3 nitrogen and oxygen atoms in total. The van der Waals surface area contributed by atoms with E-state index in [0.717, 1.165) is 35.6 Å². The summed E-state index contributed by atoms with van der Waals surface area (Å²) in [7, 11) is 0. The Morgan fingerprint density at radius 2 is 1.88 bits per heavy atom. The van der Waals surface area contributed by atoms with Crippen LogP contribution in [0.15, 0.2) is 36.4 Å². The van der Waals surface area contributed by atoms with E-state index in [0.29, 0.717) is 18.5 Å². The van der Waals surface area contributed by atoms with Gasteiger partial charge in [-0.05, 0) is 50.4 Å². The summed E-state index contributed by atoms with van der Waals surface area (Å²) in [6, 6.07) is 8.19. The number of hydrogen-bond acceptors (Lipinski definition) is 2. The summed E-state index contributed by atoms with van der Waals surface area (Å²) in [4.78, 5) is 13.7. The lowest BCUT2D eigenvalue weighted by Crippen LogP contribution is -2.47. The number of carbonyl (C=O) groups is 1. The number of likely N-dealkylation sites (tertiary alicyclic amines) is 1. The van der Waals surface area contributed by atoms with Gasteiger partial charge in [0.1, 0.15) is 17.7 Å². The maximum absolute atomic E-state index is 14.7. The van der Waals surface area contributed by atoms with Gasteiger partial charge in [-0.15, -0.1) is 0 Å². The predicted molar refractivity (Wildman–Crippen MR) is 96.1 cm³/mol. The minimum absolute atomic E-state index is 0.313. The maximum Gasteiger partial charge on any atom is 0.320 e. The Hall–Kier alpha value is -2.27. The summed E-state index contributed by atoms with van der Waals surface area (Å²) in [6.45, 7) is 4.45. The van der Waals surface area contributed by atoms with E-state index < -0.39 is 29.7 Å². The van der Waals surface area contributed by atoms with E-state index >= 15 is 0 Å². The fraction of sp³-hybridized carbons (Fsp3) is 0.381. The number of piperidine rings is 1. The van der Waals surface area contributed by atoms with E-state index in [1.54, 1.807) is 0 Å². The Morgan fingerprint density at radius 3 is 2.58 bits per heavy atom. The molecule has 0 aromatic heterocycles. The van der Waals surface area contributed by atoms with Crippen LogP contribution in [0.3, 0.4) is 0 Å². The highest BCUT2D eigenvalue weighted by molar-refractivity contribution is 5.73. The number of rotatable bonds is 4. The number of aliphatic carboxylic acids is 1. The van der Waals surface area contributed by atoms with Crippen molar-refractivity contribution in [3.8, 4) is 0 Å². The summed E-state index contributed by atoms with van der Waals surface area (Å²) in [5, 5.41) is 9.69. The lowest BCUT2D eigenvalue weighted by molar-refractivity contribution is -0.145. The van der Waals surface area contributed by atoms with Crippen LogP contribution in [-0.2, 0) is 4.79 Å². The molecule has 5 heteroatoms. The molecule has 2 atom stereocenters. The number of carboxylic acid groups (broad SMARTS) is 1. The van der Waals surface area contributed by atoms with E-state index in [1.165, 1.54) is 12.1 Å². The van der Waals surface area contributed by atoms with Crippen LogP contribution in [0.2, 0.25) is 0 Å². The van der Waals surface area contributed by atoms with E-state index in [4.69, 9.17) is 0 Å². The third kappa shape index (κ3) is 3.63. The first kappa shape index (κ1) is 18.5. The van der Waals surface area contributed by atoms with Crippen molar-refractivity contribution >= 4 is 5.97 Å². The second-order valence-corrected chi connectivity index (χ2v) is 7.02. The van der Waals surface area contributed by atoms with E-state index in [2.05, 4.69) is 0 Å². The van der Waals surface area contributed by atoms with Gasteiger partial charge >= 0.3 is 5.97 Å². The van der Waals surface area contributed by atoms with Gasteiger partial charge in [0.05, 0.1) is 6.04 Å². The molecular weight excluding hydrogens is 336 g/mol. The molecule has 1 fully saturated rings. The Kier molecular flexibility index (Phi) is 5.37. The normalized spacial score (nSPS) is 19.3. The zero-order valence-corrected chi connectivity index (χ0v) is 15.0. The van der Waals surface area contributed by atoms with Gasteiger partial charge in [-0.2, -0.15) is 0 Å². The Bertz CT molecular complexity index is 822. The Balaban J connectivity index is 2.18. The van der Waals surface area contributed by atoms with Crippen molar-refractivity contribution in [2.75, 3.05) is 6.54 Å². The van der Waals surface area contributed by atoms with Crippen molar-refractivity contribution in [3.63, 3.8) is 0 Å². The maximum atomic E-state index is 14.7. The summed E-state index contributed by atoms with van der Waals surface area (Å²) in [5.74, 6) is -2.19. The molecule has 138 valence electrons. The van der Waals surface area contributed by atoms with E-state index in [1.807, 2.05) is 36.9 Å². The number of hydrogen-bond donors (Lipinski definition) is 1. The highest BCUT2D eigenvalue weighted by atomic mass is 19.1. The van der Waals surface area contributed by atoms with Crippen LogP contribution < -0.4 is 0 Å². The third-order valence-electron chi connectivity index (χ3n) is 5.15. The highest BCUT2D eigenvalue weighted by Crippen LogP contribution is 2.37. The van der Waals surface area contributed by atoms with Crippen LogP contribution in [-0.4, -0.2) is 28.6 Å². The summed E-state index contributed by atoms with van der Waals surface area (Å²) >= 11 is 0. The average molecular weight is 359 g/mol. The Morgan fingerprint density at radius 1 is 1.12 bits per heavy atom. The van der Waals surface area contributed by atoms with Gasteiger partial charge in [0.2, 0.25) is 0 Å². The molecule has 0 radical (unpaired) electrons. The minimum atomic E-state index is -0.900. The zero-order valence-electron chi connectivity index (χ0n) is 15.0. The quantitative estimate of drug-likeness (QED) is 0.867. The van der Waals surface area contributed by atoms with Gasteiger partial charge in [-0.3, -0.25) is 9.69 Å². The van der Waals surface area contributed by atoms with Crippen molar-refractivity contribution in [3.05, 3.63) is 70.3 Å². The highest BCUT2D eigenvalue weighted by Gasteiger charge is 2.36. The second kappa shape index (κ2) is 7.54. The number of nitrogens with zero attached hydrogens (tertiary/aromatic N) is 1. The molecule has 0 amide bonds. The van der Waals surface area contributed by atoms with Crippen LogP contribution in [0.4, 0.5) is 8.78 Å². The van der Waals surface area contributed by atoms with E-state index in [9.17, 15) is 18.7 Å². The van der Waals surface area contributed by atoms with Gasteiger partial charge in [-0.25, -0.2) is 8.78 Å². The molecule has 1 aliphatic rings.